The Morgan fingerprint density at radius 3 is 2.82 bits per heavy atom. The molecule has 8 nitrogen and oxygen atoms in total. The van der Waals surface area contributed by atoms with Gasteiger partial charge in [-0.2, -0.15) is 0 Å². The summed E-state index contributed by atoms with van der Waals surface area (Å²) in [6, 6.07) is 15.0. The number of aromatic hydroxyl groups is 1. The molecule has 0 spiro atoms. The van der Waals surface area contributed by atoms with Crippen LogP contribution < -0.4 is 10.1 Å². The topological polar surface area (TPSA) is 92.5 Å². The lowest BCUT2D eigenvalue weighted by atomic mass is 10.1. The molecule has 1 amide bonds. The summed E-state index contributed by atoms with van der Waals surface area (Å²) in [5.41, 5.74) is 1.97. The van der Waals surface area contributed by atoms with Crippen molar-refractivity contribution in [2.24, 2.45) is 0 Å². The Balaban J connectivity index is 1.28. The van der Waals surface area contributed by atoms with E-state index in [9.17, 15) is 9.90 Å². The average molecular weight is 448 g/mol. The normalized spacial score (nSPS) is 14.1. The van der Waals surface area contributed by atoms with Gasteiger partial charge in [0, 0.05) is 32.6 Å². The number of phenols is 1. The SMILES string of the molecule is COc1cc(/C=C/CN2CCc3nnc(CNC(=O)Cc4ccccc4)n3CC2)ccc1O. The Bertz CT molecular complexity index is 1110. The van der Waals surface area contributed by atoms with Gasteiger partial charge in [0.05, 0.1) is 20.1 Å². The maximum atomic E-state index is 12.3. The van der Waals surface area contributed by atoms with Gasteiger partial charge in [0.15, 0.2) is 17.3 Å². The standard InChI is InChI=1S/C25H29N5O3/c1-33-22-16-20(9-10-21(22)31)8-5-12-29-13-11-23-27-28-24(30(23)15-14-29)18-26-25(32)17-19-6-3-2-4-7-19/h2-10,16,31H,11-15,17-18H2,1H3,(H,26,32)/b8-5+. The molecule has 0 fully saturated rings. The van der Waals surface area contributed by atoms with E-state index in [4.69, 9.17) is 4.74 Å². The third kappa shape index (κ3) is 5.98. The molecule has 3 aromatic rings. The van der Waals surface area contributed by atoms with Gasteiger partial charge in [0.2, 0.25) is 5.91 Å². The van der Waals surface area contributed by atoms with Crippen LogP contribution in [0.4, 0.5) is 0 Å². The molecule has 2 aromatic carbocycles. The number of amides is 1. The Morgan fingerprint density at radius 2 is 2.00 bits per heavy atom. The molecule has 4 rings (SSSR count). The van der Waals surface area contributed by atoms with Crippen LogP contribution in [-0.2, 0) is 30.7 Å². The predicted molar refractivity (Wildman–Crippen MR) is 126 cm³/mol. The first-order valence-electron chi connectivity index (χ1n) is 11.1. The van der Waals surface area contributed by atoms with E-state index in [-0.39, 0.29) is 11.7 Å². The van der Waals surface area contributed by atoms with E-state index < -0.39 is 0 Å². The van der Waals surface area contributed by atoms with E-state index >= 15 is 0 Å². The van der Waals surface area contributed by atoms with Crippen molar-refractivity contribution in [2.45, 2.75) is 25.9 Å². The molecule has 0 aliphatic carbocycles. The van der Waals surface area contributed by atoms with Crippen LogP contribution in [0.3, 0.4) is 0 Å². The molecule has 0 saturated heterocycles. The van der Waals surface area contributed by atoms with Gasteiger partial charge in [-0.05, 0) is 23.3 Å². The Morgan fingerprint density at radius 1 is 1.15 bits per heavy atom. The minimum Gasteiger partial charge on any atom is -0.504 e. The summed E-state index contributed by atoms with van der Waals surface area (Å²) >= 11 is 0. The second-order valence-electron chi connectivity index (χ2n) is 8.01. The van der Waals surface area contributed by atoms with Gasteiger partial charge < -0.3 is 19.7 Å². The summed E-state index contributed by atoms with van der Waals surface area (Å²) in [5, 5.41) is 21.3. The van der Waals surface area contributed by atoms with Crippen molar-refractivity contribution >= 4 is 12.0 Å². The fourth-order valence-electron chi connectivity index (χ4n) is 3.90. The van der Waals surface area contributed by atoms with Gasteiger partial charge in [-0.1, -0.05) is 48.6 Å². The van der Waals surface area contributed by atoms with Crippen molar-refractivity contribution in [1.82, 2.24) is 25.0 Å². The molecule has 1 aromatic heterocycles. The third-order valence-electron chi connectivity index (χ3n) is 5.72. The molecule has 8 heteroatoms. The van der Waals surface area contributed by atoms with E-state index in [2.05, 4.69) is 31.1 Å². The van der Waals surface area contributed by atoms with E-state index in [1.165, 1.54) is 0 Å². The summed E-state index contributed by atoms with van der Waals surface area (Å²) in [6.07, 6.45) is 5.31. The summed E-state index contributed by atoms with van der Waals surface area (Å²) in [4.78, 5) is 14.6. The maximum absolute atomic E-state index is 12.3. The van der Waals surface area contributed by atoms with Crippen molar-refractivity contribution in [3.63, 3.8) is 0 Å². The van der Waals surface area contributed by atoms with Gasteiger partial charge >= 0.3 is 0 Å². The second kappa shape index (κ2) is 10.8. The summed E-state index contributed by atoms with van der Waals surface area (Å²) in [5.74, 6) is 2.33. The molecule has 0 saturated carbocycles. The quantitative estimate of drug-likeness (QED) is 0.551. The van der Waals surface area contributed by atoms with Gasteiger partial charge in [-0.3, -0.25) is 9.69 Å². The zero-order valence-electron chi connectivity index (χ0n) is 18.8. The number of hydrogen-bond donors (Lipinski definition) is 2. The van der Waals surface area contributed by atoms with Gasteiger partial charge in [-0.25, -0.2) is 0 Å². The molecular formula is C25H29N5O3. The van der Waals surface area contributed by atoms with Crippen molar-refractivity contribution in [3.8, 4) is 11.5 Å². The maximum Gasteiger partial charge on any atom is 0.224 e. The lowest BCUT2D eigenvalue weighted by Crippen LogP contribution is -2.28. The third-order valence-corrected chi connectivity index (χ3v) is 5.72. The zero-order valence-corrected chi connectivity index (χ0v) is 18.8. The monoisotopic (exact) mass is 447 g/mol. The van der Waals surface area contributed by atoms with Crippen LogP contribution in [0.2, 0.25) is 0 Å². The fourth-order valence-corrected chi connectivity index (χ4v) is 3.90. The van der Waals surface area contributed by atoms with Crippen LogP contribution in [0.25, 0.3) is 6.08 Å². The summed E-state index contributed by atoms with van der Waals surface area (Å²) < 4.78 is 7.29. The molecule has 0 bridgehead atoms. The van der Waals surface area contributed by atoms with Crippen molar-refractivity contribution in [3.05, 3.63) is 77.4 Å². The minimum absolute atomic E-state index is 0.0233. The zero-order chi connectivity index (χ0) is 23.0. The molecule has 2 N–H and O–H groups in total. The number of carbonyl (C=O) groups is 1. The average Bonchev–Trinajstić information content (AvgIpc) is 3.11. The van der Waals surface area contributed by atoms with Gasteiger partial charge in [0.1, 0.15) is 5.82 Å². The Hall–Kier alpha value is -3.65. The predicted octanol–water partition coefficient (Wildman–Crippen LogP) is 2.42. The lowest BCUT2D eigenvalue weighted by Gasteiger charge is -2.17. The number of ether oxygens (including phenoxy) is 1. The smallest absolute Gasteiger partial charge is 0.224 e. The number of phenolic OH excluding ortho intramolecular Hbond substituents is 1. The first kappa shape index (κ1) is 22.5. The number of nitrogens with one attached hydrogen (secondary N) is 1. The molecular weight excluding hydrogens is 418 g/mol. The molecule has 1 aliphatic heterocycles. The van der Waals surface area contributed by atoms with E-state index in [0.717, 1.165) is 55.4 Å². The van der Waals surface area contributed by atoms with Crippen LogP contribution in [0.1, 0.15) is 22.8 Å². The van der Waals surface area contributed by atoms with Gasteiger partial charge in [0.25, 0.3) is 0 Å². The van der Waals surface area contributed by atoms with Crippen molar-refractivity contribution < 1.29 is 14.6 Å². The molecule has 172 valence electrons. The van der Waals surface area contributed by atoms with Crippen LogP contribution >= 0.6 is 0 Å². The molecule has 2 heterocycles. The number of fused-ring (bicyclic) bond motifs is 1. The van der Waals surface area contributed by atoms with Crippen LogP contribution in [0, 0.1) is 0 Å². The highest BCUT2D eigenvalue weighted by atomic mass is 16.5. The molecule has 0 radical (unpaired) electrons. The molecule has 33 heavy (non-hydrogen) atoms. The van der Waals surface area contributed by atoms with E-state index in [1.54, 1.807) is 13.2 Å². The largest absolute Gasteiger partial charge is 0.504 e. The first-order valence-corrected chi connectivity index (χ1v) is 11.1. The van der Waals surface area contributed by atoms with Crippen LogP contribution in [-0.4, -0.2) is 57.4 Å². The molecule has 0 unspecified atom stereocenters. The highest BCUT2D eigenvalue weighted by Gasteiger charge is 2.18. The van der Waals surface area contributed by atoms with E-state index in [0.29, 0.717) is 18.7 Å². The first-order chi connectivity index (χ1) is 16.1. The number of nitrogens with zero attached hydrogens (tertiary/aromatic N) is 4. The number of carbonyl (C=O) groups excluding carboxylic acids is 1. The highest BCUT2D eigenvalue weighted by Crippen LogP contribution is 2.26. The Kier molecular flexibility index (Phi) is 7.36. The van der Waals surface area contributed by atoms with Crippen LogP contribution in [0.5, 0.6) is 11.5 Å². The number of aromatic nitrogens is 3. The highest BCUT2D eigenvalue weighted by molar-refractivity contribution is 5.78. The fraction of sp³-hybridized carbons (Fsp3) is 0.320. The van der Waals surface area contributed by atoms with Crippen molar-refractivity contribution in [2.75, 3.05) is 26.7 Å². The van der Waals surface area contributed by atoms with Crippen LogP contribution in [0.15, 0.2) is 54.6 Å². The van der Waals surface area contributed by atoms with E-state index in [1.807, 2.05) is 48.5 Å². The van der Waals surface area contributed by atoms with Crippen molar-refractivity contribution in [1.29, 1.82) is 0 Å². The number of benzene rings is 2. The Labute approximate surface area is 193 Å². The van der Waals surface area contributed by atoms with Gasteiger partial charge in [-0.15, -0.1) is 10.2 Å². The summed E-state index contributed by atoms with van der Waals surface area (Å²) in [6.45, 7) is 3.74. The number of hydrogen-bond acceptors (Lipinski definition) is 6. The summed E-state index contributed by atoms with van der Waals surface area (Å²) in [7, 11) is 1.54. The minimum atomic E-state index is -0.0233. The lowest BCUT2D eigenvalue weighted by molar-refractivity contribution is -0.120. The number of rotatable bonds is 8. The molecule has 0 atom stereocenters. The second-order valence-corrected chi connectivity index (χ2v) is 8.01. The number of methoxy groups -OCH3 is 1. The molecule has 1 aliphatic rings.